The number of hydrogen-bond donors (Lipinski definition) is 1. The van der Waals surface area contributed by atoms with Crippen LogP contribution in [0.3, 0.4) is 0 Å². The van der Waals surface area contributed by atoms with Gasteiger partial charge in [0.2, 0.25) is 5.91 Å². The Morgan fingerprint density at radius 3 is 2.59 bits per heavy atom. The molecule has 2 unspecified atom stereocenters. The van der Waals surface area contributed by atoms with Crippen LogP contribution in [0.1, 0.15) is 40.6 Å². The highest BCUT2D eigenvalue weighted by atomic mass is 32.1. The van der Waals surface area contributed by atoms with Gasteiger partial charge in [0.05, 0.1) is 16.4 Å². The lowest BCUT2D eigenvalue weighted by atomic mass is 9.96. The number of halogens is 3. The van der Waals surface area contributed by atoms with Gasteiger partial charge in [0.25, 0.3) is 5.91 Å². The number of benzene rings is 1. The molecule has 1 aliphatic rings. The summed E-state index contributed by atoms with van der Waals surface area (Å²) in [6.45, 7) is 2.85. The summed E-state index contributed by atoms with van der Waals surface area (Å²) in [6.07, 6.45) is -2.43. The van der Waals surface area contributed by atoms with Crippen molar-refractivity contribution in [3.8, 4) is 0 Å². The number of nitrogens with one attached hydrogen (secondary N) is 1. The van der Waals surface area contributed by atoms with Crippen molar-refractivity contribution in [1.82, 2.24) is 10.2 Å². The highest BCUT2D eigenvalue weighted by molar-refractivity contribution is 7.12. The summed E-state index contributed by atoms with van der Waals surface area (Å²) in [7, 11) is 0. The molecule has 1 aliphatic heterocycles. The van der Waals surface area contributed by atoms with Crippen molar-refractivity contribution in [1.29, 1.82) is 0 Å². The lowest BCUT2D eigenvalue weighted by molar-refractivity contribution is -0.137. The number of alkyl halides is 3. The zero-order valence-corrected chi connectivity index (χ0v) is 16.9. The molecule has 1 aromatic heterocycles. The topological polar surface area (TPSA) is 49.4 Å². The zero-order valence-electron chi connectivity index (χ0n) is 16.0. The summed E-state index contributed by atoms with van der Waals surface area (Å²) in [6, 6.07) is 8.37. The van der Waals surface area contributed by atoms with Crippen molar-refractivity contribution in [2.45, 2.75) is 38.4 Å². The van der Waals surface area contributed by atoms with E-state index in [2.05, 4.69) is 5.32 Å². The molecule has 0 spiro atoms. The van der Waals surface area contributed by atoms with Gasteiger partial charge in [0.1, 0.15) is 0 Å². The maximum Gasteiger partial charge on any atom is 0.416 e. The zero-order chi connectivity index (χ0) is 21.0. The van der Waals surface area contributed by atoms with E-state index in [-0.39, 0.29) is 23.8 Å². The Morgan fingerprint density at radius 1 is 1.24 bits per heavy atom. The van der Waals surface area contributed by atoms with Crippen LogP contribution in [0.15, 0.2) is 41.8 Å². The van der Waals surface area contributed by atoms with Crippen LogP contribution in [-0.2, 0) is 17.4 Å². The third-order valence-corrected chi connectivity index (χ3v) is 5.88. The van der Waals surface area contributed by atoms with E-state index in [9.17, 15) is 22.8 Å². The van der Waals surface area contributed by atoms with Gasteiger partial charge < -0.3 is 10.2 Å². The first-order chi connectivity index (χ1) is 13.7. The van der Waals surface area contributed by atoms with Gasteiger partial charge in [-0.1, -0.05) is 18.2 Å². The number of carbonyl (C=O) groups is 2. The summed E-state index contributed by atoms with van der Waals surface area (Å²) in [5, 5.41) is 4.79. The molecule has 0 saturated carbocycles. The summed E-state index contributed by atoms with van der Waals surface area (Å²) in [5.74, 6) is -0.439. The van der Waals surface area contributed by atoms with Gasteiger partial charge in [-0.3, -0.25) is 9.59 Å². The number of likely N-dealkylation sites (tertiary alicyclic amines) is 1. The number of hydrogen-bond acceptors (Lipinski definition) is 3. The highest BCUT2D eigenvalue weighted by Gasteiger charge is 2.31. The van der Waals surface area contributed by atoms with E-state index in [4.69, 9.17) is 0 Å². The minimum absolute atomic E-state index is 0.0460. The van der Waals surface area contributed by atoms with Gasteiger partial charge >= 0.3 is 6.18 Å². The normalized spacial score (nSPS) is 18.3. The van der Waals surface area contributed by atoms with Gasteiger partial charge in [-0.15, -0.1) is 11.3 Å². The maximum atomic E-state index is 12.7. The smallest absolute Gasteiger partial charge is 0.353 e. The second-order valence-electron chi connectivity index (χ2n) is 7.38. The molecule has 2 heterocycles. The molecule has 3 rings (SSSR count). The number of amides is 2. The van der Waals surface area contributed by atoms with Crippen molar-refractivity contribution in [3.05, 3.63) is 57.8 Å². The molecule has 1 saturated heterocycles. The molecule has 0 bridgehead atoms. The molecule has 0 aliphatic carbocycles. The molecule has 2 amide bonds. The molecule has 156 valence electrons. The van der Waals surface area contributed by atoms with E-state index in [0.717, 1.165) is 24.1 Å². The van der Waals surface area contributed by atoms with Gasteiger partial charge in [0.15, 0.2) is 0 Å². The van der Waals surface area contributed by atoms with E-state index in [0.29, 0.717) is 30.8 Å². The largest absolute Gasteiger partial charge is 0.416 e. The minimum atomic E-state index is -4.36. The fourth-order valence-corrected chi connectivity index (χ4v) is 4.22. The minimum Gasteiger partial charge on any atom is -0.353 e. The Hall–Kier alpha value is -2.35. The van der Waals surface area contributed by atoms with E-state index in [1.165, 1.54) is 23.5 Å². The fourth-order valence-electron chi connectivity index (χ4n) is 3.53. The van der Waals surface area contributed by atoms with Crippen molar-refractivity contribution < 1.29 is 22.8 Å². The van der Waals surface area contributed by atoms with Gasteiger partial charge in [-0.2, -0.15) is 13.2 Å². The number of carbonyl (C=O) groups excluding carboxylic acids is 2. The maximum absolute atomic E-state index is 12.7. The van der Waals surface area contributed by atoms with Crippen LogP contribution in [0.2, 0.25) is 0 Å². The highest BCUT2D eigenvalue weighted by Crippen LogP contribution is 2.29. The predicted octanol–water partition coefficient (Wildman–Crippen LogP) is 4.37. The molecule has 8 heteroatoms. The third kappa shape index (κ3) is 5.59. The average molecular weight is 424 g/mol. The predicted molar refractivity (Wildman–Crippen MR) is 106 cm³/mol. The van der Waals surface area contributed by atoms with Gasteiger partial charge in [0, 0.05) is 19.1 Å². The molecule has 1 aromatic carbocycles. The Kier molecular flexibility index (Phi) is 6.62. The van der Waals surface area contributed by atoms with Crippen LogP contribution in [0.25, 0.3) is 0 Å². The molecule has 0 radical (unpaired) electrons. The fraction of sp³-hybridized carbons (Fsp3) is 0.429. The van der Waals surface area contributed by atoms with Crippen LogP contribution in [0.5, 0.6) is 0 Å². The van der Waals surface area contributed by atoms with Crippen LogP contribution >= 0.6 is 11.3 Å². The lowest BCUT2D eigenvalue weighted by Crippen LogP contribution is -2.47. The van der Waals surface area contributed by atoms with E-state index < -0.39 is 11.7 Å². The van der Waals surface area contributed by atoms with E-state index in [1.54, 1.807) is 11.0 Å². The van der Waals surface area contributed by atoms with Crippen LogP contribution in [0, 0.1) is 5.92 Å². The van der Waals surface area contributed by atoms with Gasteiger partial charge in [-0.05, 0) is 55.3 Å². The first kappa shape index (κ1) is 21.4. The quantitative estimate of drug-likeness (QED) is 0.775. The second kappa shape index (κ2) is 8.98. The second-order valence-corrected chi connectivity index (χ2v) is 8.32. The van der Waals surface area contributed by atoms with Crippen molar-refractivity contribution in [3.63, 3.8) is 0 Å². The van der Waals surface area contributed by atoms with Crippen molar-refractivity contribution in [2.24, 2.45) is 5.92 Å². The Bertz CT molecular complexity index is 835. The molecular weight excluding hydrogens is 401 g/mol. The molecule has 2 aromatic rings. The number of piperidine rings is 1. The number of nitrogens with zero attached hydrogens (tertiary/aromatic N) is 1. The summed E-state index contributed by atoms with van der Waals surface area (Å²) < 4.78 is 38.0. The summed E-state index contributed by atoms with van der Waals surface area (Å²) >= 11 is 1.39. The van der Waals surface area contributed by atoms with Crippen LogP contribution < -0.4 is 5.32 Å². The van der Waals surface area contributed by atoms with Crippen molar-refractivity contribution >= 4 is 23.2 Å². The molecule has 1 N–H and O–H groups in total. The first-order valence-electron chi connectivity index (χ1n) is 9.53. The van der Waals surface area contributed by atoms with Crippen LogP contribution in [0.4, 0.5) is 13.2 Å². The standard InChI is InChI=1S/C21H23F3N2O2S/c1-14(12-15-6-8-17(9-7-15)21(22,23)24)25-19(27)16-4-2-10-26(13-16)20(28)18-5-3-11-29-18/h3,5-9,11,14,16H,2,4,10,12-13H2,1H3,(H,25,27). The molecular formula is C21H23F3N2O2S. The van der Waals surface area contributed by atoms with Crippen LogP contribution in [-0.4, -0.2) is 35.8 Å². The molecule has 2 atom stereocenters. The first-order valence-corrected chi connectivity index (χ1v) is 10.4. The lowest BCUT2D eigenvalue weighted by Gasteiger charge is -2.32. The number of rotatable bonds is 5. The Labute approximate surface area is 171 Å². The monoisotopic (exact) mass is 424 g/mol. The molecule has 4 nitrogen and oxygen atoms in total. The SMILES string of the molecule is CC(Cc1ccc(C(F)(F)F)cc1)NC(=O)C1CCCN(C(=O)c2cccs2)C1. The van der Waals surface area contributed by atoms with Crippen molar-refractivity contribution in [2.75, 3.05) is 13.1 Å². The summed E-state index contributed by atoms with van der Waals surface area (Å²) in [5.41, 5.74) is 0.0413. The molecule has 1 fully saturated rings. The third-order valence-electron chi connectivity index (χ3n) is 5.02. The van der Waals surface area contributed by atoms with Gasteiger partial charge in [-0.25, -0.2) is 0 Å². The van der Waals surface area contributed by atoms with E-state index >= 15 is 0 Å². The Balaban J connectivity index is 1.53. The molecule has 29 heavy (non-hydrogen) atoms. The average Bonchev–Trinajstić information content (AvgIpc) is 3.22. The van der Waals surface area contributed by atoms with E-state index in [1.807, 2.05) is 18.4 Å². The summed E-state index contributed by atoms with van der Waals surface area (Å²) in [4.78, 5) is 27.5. The Morgan fingerprint density at radius 2 is 1.97 bits per heavy atom. The number of thiophene rings is 1.